The standard InChI is InChI=1S/C24H27FN2O3/c1-15-13-29-22-14-30-21(12-20(22)26-15)24(28)27-11-10-16-4-2-3-5-19(16)23(27)17-6-8-18(25)9-7-17/h2-9,15,20-23,26H,10-14H2,1H3/t15-,20+,21-,22+,23+/m1/s1. The largest absolute Gasteiger partial charge is 0.373 e. The zero-order chi connectivity index (χ0) is 20.7. The van der Waals surface area contributed by atoms with Gasteiger partial charge in [0.25, 0.3) is 5.91 Å². The molecule has 2 fully saturated rings. The summed E-state index contributed by atoms with van der Waals surface area (Å²) >= 11 is 0. The van der Waals surface area contributed by atoms with Crippen molar-refractivity contribution in [1.29, 1.82) is 0 Å². The predicted octanol–water partition coefficient (Wildman–Crippen LogP) is 2.83. The summed E-state index contributed by atoms with van der Waals surface area (Å²) in [5.41, 5.74) is 3.25. The molecule has 3 aliphatic rings. The Bertz CT molecular complexity index is 919. The number of ether oxygens (including phenoxy) is 2. The molecule has 0 bridgehead atoms. The molecule has 0 spiro atoms. The van der Waals surface area contributed by atoms with E-state index >= 15 is 0 Å². The minimum Gasteiger partial charge on any atom is -0.373 e. The summed E-state index contributed by atoms with van der Waals surface area (Å²) in [6, 6.07) is 14.8. The molecule has 0 aromatic heterocycles. The van der Waals surface area contributed by atoms with E-state index in [0.29, 0.717) is 26.2 Å². The zero-order valence-electron chi connectivity index (χ0n) is 17.1. The number of amides is 1. The van der Waals surface area contributed by atoms with E-state index in [1.54, 1.807) is 12.1 Å². The van der Waals surface area contributed by atoms with Crippen LogP contribution in [0.5, 0.6) is 0 Å². The minimum atomic E-state index is -0.499. The molecule has 5 atom stereocenters. The SMILES string of the molecule is C[C@@H]1CO[C@H]2CO[C@@H](C(=O)N3CCc4ccccc4[C@@H]3c3ccc(F)cc3)C[C@@H]2N1. The Kier molecular flexibility index (Phi) is 5.31. The highest BCUT2D eigenvalue weighted by Gasteiger charge is 2.42. The van der Waals surface area contributed by atoms with Crippen molar-refractivity contribution in [1.82, 2.24) is 10.2 Å². The quantitative estimate of drug-likeness (QED) is 0.827. The van der Waals surface area contributed by atoms with Crippen molar-refractivity contribution in [3.8, 4) is 0 Å². The fourth-order valence-electron chi connectivity index (χ4n) is 4.96. The van der Waals surface area contributed by atoms with Gasteiger partial charge in [-0.25, -0.2) is 4.39 Å². The summed E-state index contributed by atoms with van der Waals surface area (Å²) in [6.07, 6.45) is 0.903. The molecule has 0 aliphatic carbocycles. The van der Waals surface area contributed by atoms with E-state index < -0.39 is 6.10 Å². The smallest absolute Gasteiger partial charge is 0.252 e. The predicted molar refractivity (Wildman–Crippen MR) is 111 cm³/mol. The van der Waals surface area contributed by atoms with E-state index in [9.17, 15) is 9.18 Å². The van der Waals surface area contributed by atoms with Crippen LogP contribution in [0.2, 0.25) is 0 Å². The fraction of sp³-hybridized carbons (Fsp3) is 0.458. The Labute approximate surface area is 176 Å². The summed E-state index contributed by atoms with van der Waals surface area (Å²) in [5, 5.41) is 3.55. The van der Waals surface area contributed by atoms with Crippen molar-refractivity contribution in [2.24, 2.45) is 0 Å². The molecule has 6 heteroatoms. The summed E-state index contributed by atoms with van der Waals surface area (Å²) in [5.74, 6) is -0.280. The van der Waals surface area contributed by atoms with Gasteiger partial charge in [-0.3, -0.25) is 4.79 Å². The van der Waals surface area contributed by atoms with Gasteiger partial charge in [0.15, 0.2) is 0 Å². The lowest BCUT2D eigenvalue weighted by molar-refractivity contribution is -0.165. The van der Waals surface area contributed by atoms with Gasteiger partial charge in [0, 0.05) is 25.0 Å². The van der Waals surface area contributed by atoms with Crippen LogP contribution in [0.1, 0.15) is 36.1 Å². The van der Waals surface area contributed by atoms with Gasteiger partial charge in [-0.15, -0.1) is 0 Å². The minimum absolute atomic E-state index is 0.000210. The van der Waals surface area contributed by atoms with E-state index in [-0.39, 0.29) is 36.0 Å². The monoisotopic (exact) mass is 410 g/mol. The van der Waals surface area contributed by atoms with Gasteiger partial charge in [-0.05, 0) is 42.2 Å². The first kappa shape index (κ1) is 19.7. The zero-order valence-corrected chi connectivity index (χ0v) is 17.1. The number of fused-ring (bicyclic) bond motifs is 2. The van der Waals surface area contributed by atoms with Crippen molar-refractivity contribution >= 4 is 5.91 Å². The van der Waals surface area contributed by atoms with Crippen LogP contribution in [0.3, 0.4) is 0 Å². The molecule has 2 saturated heterocycles. The first-order valence-electron chi connectivity index (χ1n) is 10.7. The number of nitrogens with one attached hydrogen (secondary N) is 1. The second kappa shape index (κ2) is 8.10. The summed E-state index contributed by atoms with van der Waals surface area (Å²) in [6.45, 7) is 3.80. The molecular weight excluding hydrogens is 383 g/mol. The van der Waals surface area contributed by atoms with Crippen LogP contribution in [-0.2, 0) is 20.7 Å². The van der Waals surface area contributed by atoms with Gasteiger partial charge in [-0.2, -0.15) is 0 Å². The number of hydrogen-bond donors (Lipinski definition) is 1. The van der Waals surface area contributed by atoms with E-state index in [1.165, 1.54) is 17.7 Å². The molecule has 158 valence electrons. The second-order valence-corrected chi connectivity index (χ2v) is 8.54. The van der Waals surface area contributed by atoms with Gasteiger partial charge in [0.05, 0.1) is 25.4 Å². The number of rotatable bonds is 2. The maximum Gasteiger partial charge on any atom is 0.252 e. The molecule has 1 N–H and O–H groups in total. The lowest BCUT2D eigenvalue weighted by Crippen LogP contribution is -2.60. The first-order valence-corrected chi connectivity index (χ1v) is 10.7. The van der Waals surface area contributed by atoms with Crippen LogP contribution >= 0.6 is 0 Å². The molecule has 2 aromatic carbocycles. The maximum absolute atomic E-state index is 13.6. The molecule has 0 saturated carbocycles. The number of nitrogens with zero attached hydrogens (tertiary/aromatic N) is 1. The van der Waals surface area contributed by atoms with E-state index in [1.807, 2.05) is 17.0 Å². The summed E-state index contributed by atoms with van der Waals surface area (Å²) in [4.78, 5) is 15.5. The number of hydrogen-bond acceptors (Lipinski definition) is 4. The van der Waals surface area contributed by atoms with E-state index in [4.69, 9.17) is 9.47 Å². The van der Waals surface area contributed by atoms with Crippen molar-refractivity contribution in [2.75, 3.05) is 19.8 Å². The Morgan fingerprint density at radius 2 is 1.90 bits per heavy atom. The van der Waals surface area contributed by atoms with Crippen LogP contribution in [0.4, 0.5) is 4.39 Å². The normalized spacial score (nSPS) is 31.0. The van der Waals surface area contributed by atoms with Crippen LogP contribution < -0.4 is 5.32 Å². The van der Waals surface area contributed by atoms with Gasteiger partial charge in [-0.1, -0.05) is 36.4 Å². The number of carbonyl (C=O) groups excluding carboxylic acids is 1. The van der Waals surface area contributed by atoms with Crippen molar-refractivity contribution in [3.63, 3.8) is 0 Å². The molecule has 0 radical (unpaired) electrons. The highest BCUT2D eigenvalue weighted by molar-refractivity contribution is 5.82. The topological polar surface area (TPSA) is 50.8 Å². The highest BCUT2D eigenvalue weighted by Crippen LogP contribution is 2.36. The molecule has 2 aromatic rings. The average Bonchev–Trinajstić information content (AvgIpc) is 2.78. The van der Waals surface area contributed by atoms with Gasteiger partial charge in [0.1, 0.15) is 11.9 Å². The molecule has 1 amide bonds. The summed E-state index contributed by atoms with van der Waals surface area (Å²) < 4.78 is 25.4. The third-order valence-electron chi connectivity index (χ3n) is 6.47. The van der Waals surface area contributed by atoms with Crippen LogP contribution in [-0.4, -0.2) is 54.9 Å². The molecule has 30 heavy (non-hydrogen) atoms. The third kappa shape index (κ3) is 3.64. The van der Waals surface area contributed by atoms with Crippen molar-refractivity contribution < 1.29 is 18.7 Å². The van der Waals surface area contributed by atoms with Gasteiger partial charge < -0.3 is 19.7 Å². The molecule has 3 aliphatic heterocycles. The van der Waals surface area contributed by atoms with Crippen molar-refractivity contribution in [3.05, 3.63) is 71.0 Å². The number of halogens is 1. The molecule has 3 heterocycles. The molecule has 0 unspecified atom stereocenters. The third-order valence-corrected chi connectivity index (χ3v) is 6.47. The Morgan fingerprint density at radius 3 is 2.73 bits per heavy atom. The van der Waals surface area contributed by atoms with Gasteiger partial charge in [0.2, 0.25) is 0 Å². The maximum atomic E-state index is 13.6. The second-order valence-electron chi connectivity index (χ2n) is 8.54. The van der Waals surface area contributed by atoms with Crippen molar-refractivity contribution in [2.45, 2.75) is 50.1 Å². The molecule has 5 nitrogen and oxygen atoms in total. The van der Waals surface area contributed by atoms with Crippen LogP contribution in [0, 0.1) is 5.82 Å². The summed E-state index contributed by atoms with van der Waals surface area (Å²) in [7, 11) is 0. The first-order chi connectivity index (χ1) is 14.6. The Hall–Kier alpha value is -2.28. The van der Waals surface area contributed by atoms with E-state index in [0.717, 1.165) is 17.5 Å². The van der Waals surface area contributed by atoms with E-state index in [2.05, 4.69) is 24.4 Å². The number of morpholine rings is 1. The molecule has 5 rings (SSSR count). The Balaban J connectivity index is 1.43. The fourth-order valence-corrected chi connectivity index (χ4v) is 4.96. The Morgan fingerprint density at radius 1 is 1.10 bits per heavy atom. The van der Waals surface area contributed by atoms with Crippen LogP contribution in [0.15, 0.2) is 48.5 Å². The highest BCUT2D eigenvalue weighted by atomic mass is 19.1. The van der Waals surface area contributed by atoms with Gasteiger partial charge >= 0.3 is 0 Å². The van der Waals surface area contributed by atoms with Crippen LogP contribution in [0.25, 0.3) is 0 Å². The average molecular weight is 410 g/mol. The lowest BCUT2D eigenvalue weighted by Gasteiger charge is -2.44. The number of carbonyl (C=O) groups is 1. The lowest BCUT2D eigenvalue weighted by atomic mass is 9.87. The number of benzene rings is 2. The molecular formula is C24H27FN2O3.